The van der Waals surface area contributed by atoms with Crippen molar-refractivity contribution < 1.29 is 13.9 Å². The lowest BCUT2D eigenvalue weighted by molar-refractivity contribution is 0.102. The number of nitrogens with zero attached hydrogens (tertiary/aromatic N) is 2. The van der Waals surface area contributed by atoms with Crippen molar-refractivity contribution in [1.82, 2.24) is 9.97 Å². The highest BCUT2D eigenvalue weighted by Crippen LogP contribution is 2.22. The quantitative estimate of drug-likeness (QED) is 0.772. The Labute approximate surface area is 144 Å². The van der Waals surface area contributed by atoms with E-state index in [4.69, 9.17) is 4.74 Å². The summed E-state index contributed by atoms with van der Waals surface area (Å²) in [5, 5.41) is 2.74. The lowest BCUT2D eigenvalue weighted by atomic mass is 10.2. The molecule has 0 unspecified atom stereocenters. The summed E-state index contributed by atoms with van der Waals surface area (Å²) in [7, 11) is 0. The summed E-state index contributed by atoms with van der Waals surface area (Å²) < 4.78 is 18.6. The van der Waals surface area contributed by atoms with Crippen molar-refractivity contribution in [3.8, 4) is 11.8 Å². The van der Waals surface area contributed by atoms with Gasteiger partial charge in [-0.05, 0) is 56.3 Å². The van der Waals surface area contributed by atoms with Gasteiger partial charge >= 0.3 is 6.01 Å². The predicted octanol–water partition coefficient (Wildman–Crippen LogP) is 4.28. The SMILES string of the molecule is Cc1cc(C)nc(Oc2cccc(NC(=O)c3ccc(F)cc3)c2)n1. The Morgan fingerprint density at radius 1 is 1.00 bits per heavy atom. The molecule has 1 N–H and O–H groups in total. The highest BCUT2D eigenvalue weighted by atomic mass is 19.1. The van der Waals surface area contributed by atoms with Crippen molar-refractivity contribution in [2.45, 2.75) is 13.8 Å². The molecule has 0 aliphatic carbocycles. The van der Waals surface area contributed by atoms with Gasteiger partial charge in [-0.3, -0.25) is 4.79 Å². The number of aryl methyl sites for hydroxylation is 2. The Morgan fingerprint density at radius 2 is 1.68 bits per heavy atom. The first-order valence-corrected chi connectivity index (χ1v) is 7.67. The molecule has 126 valence electrons. The summed E-state index contributed by atoms with van der Waals surface area (Å²) >= 11 is 0. The number of carbonyl (C=O) groups is 1. The molecule has 0 fully saturated rings. The molecular weight excluding hydrogens is 321 g/mol. The summed E-state index contributed by atoms with van der Waals surface area (Å²) in [6.45, 7) is 3.72. The highest BCUT2D eigenvalue weighted by molar-refractivity contribution is 6.04. The predicted molar refractivity (Wildman–Crippen MR) is 92.4 cm³/mol. The van der Waals surface area contributed by atoms with Crippen molar-refractivity contribution in [3.05, 3.63) is 77.4 Å². The Bertz CT molecular complexity index is 891. The third-order valence-corrected chi connectivity index (χ3v) is 3.37. The van der Waals surface area contributed by atoms with Crippen LogP contribution >= 0.6 is 0 Å². The maximum atomic E-state index is 12.9. The number of rotatable bonds is 4. The van der Waals surface area contributed by atoms with Crippen LogP contribution in [0.2, 0.25) is 0 Å². The number of hydrogen-bond donors (Lipinski definition) is 1. The van der Waals surface area contributed by atoms with E-state index in [9.17, 15) is 9.18 Å². The lowest BCUT2D eigenvalue weighted by Gasteiger charge is -2.09. The third-order valence-electron chi connectivity index (χ3n) is 3.37. The number of aromatic nitrogens is 2. The molecule has 3 rings (SSSR count). The van der Waals surface area contributed by atoms with E-state index in [-0.39, 0.29) is 17.7 Å². The molecule has 5 nitrogen and oxygen atoms in total. The lowest BCUT2D eigenvalue weighted by Crippen LogP contribution is -2.11. The summed E-state index contributed by atoms with van der Waals surface area (Å²) in [4.78, 5) is 20.6. The Hall–Kier alpha value is -3.28. The monoisotopic (exact) mass is 337 g/mol. The zero-order valence-electron chi connectivity index (χ0n) is 13.8. The van der Waals surface area contributed by atoms with E-state index >= 15 is 0 Å². The largest absolute Gasteiger partial charge is 0.424 e. The summed E-state index contributed by atoms with van der Waals surface area (Å²) in [5.74, 6) is -0.220. The summed E-state index contributed by atoms with van der Waals surface area (Å²) in [5.41, 5.74) is 2.54. The molecule has 1 aromatic heterocycles. The zero-order valence-corrected chi connectivity index (χ0v) is 13.8. The van der Waals surface area contributed by atoms with E-state index in [0.29, 0.717) is 17.0 Å². The first-order valence-electron chi connectivity index (χ1n) is 7.67. The second kappa shape index (κ2) is 7.09. The number of nitrogens with one attached hydrogen (secondary N) is 1. The van der Waals surface area contributed by atoms with E-state index in [1.54, 1.807) is 24.3 Å². The molecule has 2 aromatic carbocycles. The van der Waals surface area contributed by atoms with E-state index in [1.807, 2.05) is 19.9 Å². The maximum absolute atomic E-state index is 12.9. The first-order chi connectivity index (χ1) is 12.0. The van der Waals surface area contributed by atoms with Crippen LogP contribution in [-0.4, -0.2) is 15.9 Å². The zero-order chi connectivity index (χ0) is 17.8. The number of benzene rings is 2. The fraction of sp³-hybridized carbons (Fsp3) is 0.105. The van der Waals surface area contributed by atoms with Crippen molar-refractivity contribution in [3.63, 3.8) is 0 Å². The minimum atomic E-state index is -0.389. The van der Waals surface area contributed by atoms with Crippen molar-refractivity contribution in [2.24, 2.45) is 0 Å². The van der Waals surface area contributed by atoms with Gasteiger partial charge in [-0.15, -0.1) is 0 Å². The van der Waals surface area contributed by atoms with Gasteiger partial charge in [0, 0.05) is 28.7 Å². The topological polar surface area (TPSA) is 64.1 Å². The Kier molecular flexibility index (Phi) is 4.70. The molecule has 0 saturated carbocycles. The molecule has 25 heavy (non-hydrogen) atoms. The Balaban J connectivity index is 1.74. The van der Waals surface area contributed by atoms with Crippen LogP contribution in [-0.2, 0) is 0 Å². The molecular formula is C19H16FN3O2. The smallest absolute Gasteiger partial charge is 0.322 e. The van der Waals surface area contributed by atoms with Gasteiger partial charge in [0.2, 0.25) is 0 Å². The molecule has 0 radical (unpaired) electrons. The minimum Gasteiger partial charge on any atom is -0.424 e. The molecule has 6 heteroatoms. The fourth-order valence-electron chi connectivity index (χ4n) is 2.29. The van der Waals surface area contributed by atoms with Crippen LogP contribution in [0.4, 0.5) is 10.1 Å². The third kappa shape index (κ3) is 4.38. The van der Waals surface area contributed by atoms with E-state index in [2.05, 4.69) is 15.3 Å². The second-order valence-corrected chi connectivity index (χ2v) is 5.52. The molecule has 1 heterocycles. The fourth-order valence-corrected chi connectivity index (χ4v) is 2.29. The van der Waals surface area contributed by atoms with Crippen LogP contribution in [0.5, 0.6) is 11.8 Å². The second-order valence-electron chi connectivity index (χ2n) is 5.52. The van der Waals surface area contributed by atoms with Crippen molar-refractivity contribution in [2.75, 3.05) is 5.32 Å². The van der Waals surface area contributed by atoms with Gasteiger partial charge in [0.1, 0.15) is 11.6 Å². The van der Waals surface area contributed by atoms with Gasteiger partial charge in [-0.1, -0.05) is 6.07 Å². The normalized spacial score (nSPS) is 10.4. The van der Waals surface area contributed by atoms with Crippen LogP contribution < -0.4 is 10.1 Å². The summed E-state index contributed by atoms with van der Waals surface area (Å²) in [6, 6.07) is 14.3. The number of amides is 1. The van der Waals surface area contributed by atoms with Gasteiger partial charge in [-0.25, -0.2) is 14.4 Å². The molecule has 0 aliphatic heterocycles. The van der Waals surface area contributed by atoms with Crippen LogP contribution in [0.25, 0.3) is 0 Å². The van der Waals surface area contributed by atoms with Gasteiger partial charge in [0.25, 0.3) is 5.91 Å². The number of ether oxygens (including phenoxy) is 1. The molecule has 0 bridgehead atoms. The first kappa shape index (κ1) is 16.6. The number of anilines is 1. The van der Waals surface area contributed by atoms with Gasteiger partial charge in [-0.2, -0.15) is 0 Å². The van der Waals surface area contributed by atoms with E-state index in [0.717, 1.165) is 11.4 Å². The molecule has 0 atom stereocenters. The molecule has 0 spiro atoms. The van der Waals surface area contributed by atoms with Gasteiger partial charge < -0.3 is 10.1 Å². The Morgan fingerprint density at radius 3 is 2.36 bits per heavy atom. The average Bonchev–Trinajstić information content (AvgIpc) is 2.54. The van der Waals surface area contributed by atoms with Gasteiger partial charge in [0.15, 0.2) is 0 Å². The number of halogens is 1. The van der Waals surface area contributed by atoms with Crippen LogP contribution in [0.3, 0.4) is 0 Å². The number of hydrogen-bond acceptors (Lipinski definition) is 4. The molecule has 0 saturated heterocycles. The summed E-state index contributed by atoms with van der Waals surface area (Å²) in [6.07, 6.45) is 0. The van der Waals surface area contributed by atoms with E-state index in [1.165, 1.54) is 24.3 Å². The van der Waals surface area contributed by atoms with Crippen molar-refractivity contribution in [1.29, 1.82) is 0 Å². The standard InChI is InChI=1S/C19H16FN3O2/c1-12-10-13(2)22-19(21-12)25-17-5-3-4-16(11-17)23-18(24)14-6-8-15(20)9-7-14/h3-11H,1-2H3,(H,23,24). The van der Waals surface area contributed by atoms with Crippen molar-refractivity contribution >= 4 is 11.6 Å². The highest BCUT2D eigenvalue weighted by Gasteiger charge is 2.08. The molecule has 3 aromatic rings. The maximum Gasteiger partial charge on any atom is 0.322 e. The van der Waals surface area contributed by atoms with Crippen LogP contribution in [0, 0.1) is 19.7 Å². The number of carbonyl (C=O) groups excluding carboxylic acids is 1. The minimum absolute atomic E-state index is 0.250. The van der Waals surface area contributed by atoms with Gasteiger partial charge in [0.05, 0.1) is 0 Å². The molecule has 0 aliphatic rings. The van der Waals surface area contributed by atoms with Crippen LogP contribution in [0.1, 0.15) is 21.7 Å². The van der Waals surface area contributed by atoms with Crippen LogP contribution in [0.15, 0.2) is 54.6 Å². The van der Waals surface area contributed by atoms with E-state index < -0.39 is 0 Å². The molecule has 1 amide bonds. The average molecular weight is 337 g/mol.